The summed E-state index contributed by atoms with van der Waals surface area (Å²) in [6, 6.07) is 0.757. The molecular formula is C14H25N3S. The van der Waals surface area contributed by atoms with Crippen molar-refractivity contribution in [2.45, 2.75) is 57.5 Å². The standard InChI is InChI=1S/C14H25N3S/c1-17(13-6-4-2-3-5-7-13)10-12-11-18-14(16-12)8-9-15/h11,13H,2-10,15H2,1H3. The van der Waals surface area contributed by atoms with Crippen molar-refractivity contribution < 1.29 is 0 Å². The summed E-state index contributed by atoms with van der Waals surface area (Å²) in [7, 11) is 2.25. The molecule has 1 aromatic rings. The van der Waals surface area contributed by atoms with Crippen molar-refractivity contribution in [3.05, 3.63) is 16.1 Å². The summed E-state index contributed by atoms with van der Waals surface area (Å²) in [5, 5.41) is 3.37. The van der Waals surface area contributed by atoms with Gasteiger partial charge in [0, 0.05) is 24.4 Å². The lowest BCUT2D eigenvalue weighted by Gasteiger charge is -2.26. The minimum absolute atomic E-state index is 0.700. The van der Waals surface area contributed by atoms with E-state index in [1.807, 2.05) is 0 Å². The molecule has 0 amide bonds. The summed E-state index contributed by atoms with van der Waals surface area (Å²) in [4.78, 5) is 7.15. The Labute approximate surface area is 114 Å². The lowest BCUT2D eigenvalue weighted by Crippen LogP contribution is -2.30. The second kappa shape index (κ2) is 7.22. The molecule has 1 saturated carbocycles. The highest BCUT2D eigenvalue weighted by atomic mass is 32.1. The minimum atomic E-state index is 0.700. The third-order valence-electron chi connectivity index (χ3n) is 3.82. The Bertz CT molecular complexity index is 343. The van der Waals surface area contributed by atoms with E-state index < -0.39 is 0 Å². The van der Waals surface area contributed by atoms with Gasteiger partial charge in [0.05, 0.1) is 10.7 Å². The predicted octanol–water partition coefficient (Wildman–Crippen LogP) is 2.80. The average Bonchev–Trinajstić information content (AvgIpc) is 2.65. The van der Waals surface area contributed by atoms with Crippen LogP contribution in [-0.4, -0.2) is 29.5 Å². The van der Waals surface area contributed by atoms with Crippen molar-refractivity contribution in [1.82, 2.24) is 9.88 Å². The van der Waals surface area contributed by atoms with E-state index in [1.165, 1.54) is 49.2 Å². The Kier molecular flexibility index (Phi) is 5.60. The first-order chi connectivity index (χ1) is 8.79. The molecule has 0 unspecified atom stereocenters. The molecule has 2 N–H and O–H groups in total. The number of aromatic nitrogens is 1. The number of nitrogens with zero attached hydrogens (tertiary/aromatic N) is 2. The Balaban J connectivity index is 1.86. The molecule has 102 valence electrons. The monoisotopic (exact) mass is 267 g/mol. The smallest absolute Gasteiger partial charge is 0.0941 e. The van der Waals surface area contributed by atoms with Crippen LogP contribution in [0.25, 0.3) is 0 Å². The molecule has 0 bridgehead atoms. The number of thiazole rings is 1. The number of nitrogens with two attached hydrogens (primary N) is 1. The van der Waals surface area contributed by atoms with Crippen LogP contribution in [-0.2, 0) is 13.0 Å². The summed E-state index contributed by atoms with van der Waals surface area (Å²) in [5.41, 5.74) is 6.78. The Morgan fingerprint density at radius 1 is 1.33 bits per heavy atom. The first-order valence-electron chi connectivity index (χ1n) is 7.13. The summed E-state index contributed by atoms with van der Waals surface area (Å²) in [5.74, 6) is 0. The molecule has 18 heavy (non-hydrogen) atoms. The van der Waals surface area contributed by atoms with Gasteiger partial charge in [-0.3, -0.25) is 4.90 Å². The van der Waals surface area contributed by atoms with Gasteiger partial charge in [-0.1, -0.05) is 25.7 Å². The highest BCUT2D eigenvalue weighted by Crippen LogP contribution is 2.22. The normalized spacial score (nSPS) is 18.2. The fourth-order valence-electron chi connectivity index (χ4n) is 2.74. The van der Waals surface area contributed by atoms with E-state index in [9.17, 15) is 0 Å². The van der Waals surface area contributed by atoms with Crippen LogP contribution >= 0.6 is 11.3 Å². The maximum atomic E-state index is 5.56. The lowest BCUT2D eigenvalue weighted by molar-refractivity contribution is 0.211. The van der Waals surface area contributed by atoms with Crippen LogP contribution in [0.4, 0.5) is 0 Å². The van der Waals surface area contributed by atoms with E-state index in [0.717, 1.165) is 19.0 Å². The van der Waals surface area contributed by atoms with E-state index in [2.05, 4.69) is 22.3 Å². The van der Waals surface area contributed by atoms with Gasteiger partial charge >= 0.3 is 0 Å². The summed E-state index contributed by atoms with van der Waals surface area (Å²) in [6.07, 6.45) is 9.25. The van der Waals surface area contributed by atoms with E-state index in [1.54, 1.807) is 11.3 Å². The molecule has 0 aliphatic heterocycles. The topological polar surface area (TPSA) is 42.1 Å². The molecular weight excluding hydrogens is 242 g/mol. The number of rotatable bonds is 5. The second-order valence-electron chi connectivity index (χ2n) is 5.33. The molecule has 1 heterocycles. The van der Waals surface area contributed by atoms with Gasteiger partial charge in [-0.15, -0.1) is 11.3 Å². The van der Waals surface area contributed by atoms with E-state index >= 15 is 0 Å². The molecule has 1 aliphatic carbocycles. The van der Waals surface area contributed by atoms with Crippen molar-refractivity contribution in [2.75, 3.05) is 13.6 Å². The average molecular weight is 267 g/mol. The third kappa shape index (κ3) is 4.04. The van der Waals surface area contributed by atoms with Crippen LogP contribution in [0.1, 0.15) is 49.2 Å². The largest absolute Gasteiger partial charge is 0.330 e. The molecule has 0 aromatic carbocycles. The molecule has 1 aromatic heterocycles. The van der Waals surface area contributed by atoms with Gasteiger partial charge in [0.15, 0.2) is 0 Å². The zero-order valence-corrected chi connectivity index (χ0v) is 12.2. The maximum Gasteiger partial charge on any atom is 0.0941 e. The summed E-state index contributed by atoms with van der Waals surface area (Å²) < 4.78 is 0. The Morgan fingerprint density at radius 2 is 2.06 bits per heavy atom. The Morgan fingerprint density at radius 3 is 2.72 bits per heavy atom. The molecule has 1 aliphatic rings. The fourth-order valence-corrected chi connectivity index (χ4v) is 3.55. The van der Waals surface area contributed by atoms with Crippen LogP contribution in [0.15, 0.2) is 5.38 Å². The molecule has 0 atom stereocenters. The van der Waals surface area contributed by atoms with Gasteiger partial charge in [-0.05, 0) is 26.4 Å². The summed E-state index contributed by atoms with van der Waals surface area (Å²) >= 11 is 1.75. The van der Waals surface area contributed by atoms with Crippen LogP contribution in [0.5, 0.6) is 0 Å². The molecule has 1 fully saturated rings. The van der Waals surface area contributed by atoms with Crippen LogP contribution in [0.3, 0.4) is 0 Å². The van der Waals surface area contributed by atoms with E-state index in [0.29, 0.717) is 6.54 Å². The van der Waals surface area contributed by atoms with Gasteiger partial charge in [-0.2, -0.15) is 0 Å². The van der Waals surface area contributed by atoms with Crippen molar-refractivity contribution >= 4 is 11.3 Å². The third-order valence-corrected chi connectivity index (χ3v) is 4.77. The quantitative estimate of drug-likeness (QED) is 0.834. The van der Waals surface area contributed by atoms with Crippen molar-refractivity contribution in [3.8, 4) is 0 Å². The molecule has 3 nitrogen and oxygen atoms in total. The molecule has 0 spiro atoms. The highest BCUT2D eigenvalue weighted by Gasteiger charge is 2.17. The van der Waals surface area contributed by atoms with Gasteiger partial charge in [0.2, 0.25) is 0 Å². The van der Waals surface area contributed by atoms with Crippen molar-refractivity contribution in [1.29, 1.82) is 0 Å². The zero-order valence-electron chi connectivity index (χ0n) is 11.4. The molecule has 2 rings (SSSR count). The van der Waals surface area contributed by atoms with Gasteiger partial charge < -0.3 is 5.73 Å². The minimum Gasteiger partial charge on any atom is -0.330 e. The van der Waals surface area contributed by atoms with Crippen LogP contribution < -0.4 is 5.73 Å². The highest BCUT2D eigenvalue weighted by molar-refractivity contribution is 7.09. The molecule has 4 heteroatoms. The van der Waals surface area contributed by atoms with Gasteiger partial charge in [0.25, 0.3) is 0 Å². The zero-order chi connectivity index (χ0) is 12.8. The SMILES string of the molecule is CN(Cc1csc(CCN)n1)C1CCCCCC1. The lowest BCUT2D eigenvalue weighted by atomic mass is 10.1. The fraction of sp³-hybridized carbons (Fsp3) is 0.786. The Hall–Kier alpha value is -0.450. The van der Waals surface area contributed by atoms with E-state index in [-0.39, 0.29) is 0 Å². The van der Waals surface area contributed by atoms with Crippen molar-refractivity contribution in [2.24, 2.45) is 5.73 Å². The van der Waals surface area contributed by atoms with Gasteiger partial charge in [0.1, 0.15) is 0 Å². The second-order valence-corrected chi connectivity index (χ2v) is 6.27. The first kappa shape index (κ1) is 14.0. The molecule has 0 radical (unpaired) electrons. The van der Waals surface area contributed by atoms with Crippen LogP contribution in [0, 0.1) is 0 Å². The predicted molar refractivity (Wildman–Crippen MR) is 77.8 cm³/mol. The van der Waals surface area contributed by atoms with Crippen molar-refractivity contribution in [3.63, 3.8) is 0 Å². The number of hydrogen-bond donors (Lipinski definition) is 1. The van der Waals surface area contributed by atoms with E-state index in [4.69, 9.17) is 5.73 Å². The van der Waals surface area contributed by atoms with Gasteiger partial charge in [-0.25, -0.2) is 4.98 Å². The number of hydrogen-bond acceptors (Lipinski definition) is 4. The summed E-state index contributed by atoms with van der Waals surface area (Å²) in [6.45, 7) is 1.69. The maximum absolute atomic E-state index is 5.56. The first-order valence-corrected chi connectivity index (χ1v) is 8.01. The van der Waals surface area contributed by atoms with Crippen LogP contribution in [0.2, 0.25) is 0 Å². The molecule has 0 saturated heterocycles.